The molecule has 0 aliphatic carbocycles. The van der Waals surface area contributed by atoms with E-state index in [1.807, 2.05) is 153 Å². The lowest BCUT2D eigenvalue weighted by Gasteiger charge is -2.28. The third-order valence-electron chi connectivity index (χ3n) is 13.7. The highest BCUT2D eigenvalue weighted by Gasteiger charge is 2.43. The first kappa shape index (κ1) is 49.9. The summed E-state index contributed by atoms with van der Waals surface area (Å²) in [5.41, 5.74) is 11.6. The van der Waals surface area contributed by atoms with Crippen LogP contribution in [0.5, 0.6) is 0 Å². The van der Waals surface area contributed by atoms with Gasteiger partial charge in [-0.15, -0.1) is 0 Å². The highest BCUT2D eigenvalue weighted by atomic mass is 19.1. The molecule has 69 heavy (non-hydrogen) atoms. The summed E-state index contributed by atoms with van der Waals surface area (Å²) >= 11 is 0. The van der Waals surface area contributed by atoms with Crippen molar-refractivity contribution >= 4 is 17.7 Å². The van der Waals surface area contributed by atoms with Crippen molar-refractivity contribution in [3.63, 3.8) is 0 Å². The number of primary amides is 1. The minimum Gasteiger partial charge on any atom is -0.368 e. The van der Waals surface area contributed by atoms with Gasteiger partial charge in [-0.05, 0) is 123 Å². The molecule has 2 saturated heterocycles. The maximum Gasteiger partial charge on any atom is 0.240 e. The van der Waals surface area contributed by atoms with Gasteiger partial charge in [-0.1, -0.05) is 146 Å². The summed E-state index contributed by atoms with van der Waals surface area (Å²) in [5.74, 6) is -1.98. The summed E-state index contributed by atoms with van der Waals surface area (Å²) in [7, 11) is 4.08. The number of carbonyl (C=O) groups excluding carboxylic acids is 3. The summed E-state index contributed by atoms with van der Waals surface area (Å²) in [6.45, 7) is 2.65. The van der Waals surface area contributed by atoms with E-state index < -0.39 is 29.8 Å². The van der Waals surface area contributed by atoms with Gasteiger partial charge >= 0.3 is 0 Å². The van der Waals surface area contributed by atoms with Crippen LogP contribution in [0.4, 0.5) is 8.78 Å². The van der Waals surface area contributed by atoms with Gasteiger partial charge in [0.2, 0.25) is 17.7 Å². The van der Waals surface area contributed by atoms with Gasteiger partial charge in [0.05, 0.1) is 17.9 Å². The average molecular weight is 929 g/mol. The molecule has 0 saturated carbocycles. The number of nitrogens with zero attached hydrogens (tertiary/aromatic N) is 5. The lowest BCUT2D eigenvalue weighted by molar-refractivity contribution is -0.137. The van der Waals surface area contributed by atoms with Gasteiger partial charge in [-0.2, -0.15) is 5.26 Å². The Kier molecular flexibility index (Phi) is 17.6. The second kappa shape index (κ2) is 24.3. The van der Waals surface area contributed by atoms with Crippen LogP contribution in [0, 0.1) is 23.0 Å². The highest BCUT2D eigenvalue weighted by molar-refractivity contribution is 5.92. The molecule has 0 unspecified atom stereocenters. The number of carbonyl (C=O) groups is 3. The highest BCUT2D eigenvalue weighted by Crippen LogP contribution is 2.33. The van der Waals surface area contributed by atoms with Crippen LogP contribution < -0.4 is 5.73 Å². The second-order valence-corrected chi connectivity index (χ2v) is 18.3. The number of aryl methyl sites for hydroxylation is 2. The number of amides is 3. The summed E-state index contributed by atoms with van der Waals surface area (Å²) < 4.78 is 26.3. The molecule has 8 rings (SSSR count). The van der Waals surface area contributed by atoms with Crippen molar-refractivity contribution in [3.8, 4) is 6.07 Å². The normalized spacial score (nSPS) is 17.8. The number of benzene rings is 6. The van der Waals surface area contributed by atoms with Crippen LogP contribution in [0.25, 0.3) is 0 Å². The molecule has 0 bridgehead atoms. The Bertz CT molecular complexity index is 2520. The molecule has 2 aliphatic rings. The predicted octanol–water partition coefficient (Wildman–Crippen LogP) is 8.99. The lowest BCUT2D eigenvalue weighted by atomic mass is 9.90. The Morgan fingerprint density at radius 3 is 1.28 bits per heavy atom. The molecular weight excluding hydrogens is 867 g/mol. The molecule has 0 aromatic heterocycles. The fraction of sp³-hybridized carbons (Fsp3) is 0.310. The van der Waals surface area contributed by atoms with Gasteiger partial charge in [0.15, 0.2) is 0 Å². The number of hydrogen-bond acceptors (Lipinski definition) is 6. The van der Waals surface area contributed by atoms with Gasteiger partial charge in [-0.3, -0.25) is 14.4 Å². The molecule has 3 amide bonds. The van der Waals surface area contributed by atoms with E-state index >= 15 is 0 Å². The minimum atomic E-state index is -0.637. The molecule has 0 radical (unpaired) electrons. The SMILES string of the molecule is CN(CCCc1ccc(F)cc1)[C@H]1C[C@@H](C#N)N(C(=O)C(c2ccccc2)c2ccccc2)C1.CN(CCCc1ccc(F)cc1)[C@H]1C[C@@H](C(N)=O)N(C(=O)C(c2ccccc2)c2ccccc2)C1. The fourth-order valence-corrected chi connectivity index (χ4v) is 9.75. The molecule has 2 heterocycles. The topological polar surface area (TPSA) is 114 Å². The van der Waals surface area contributed by atoms with Crippen molar-refractivity contribution in [1.82, 2.24) is 19.6 Å². The van der Waals surface area contributed by atoms with Crippen molar-refractivity contribution in [1.29, 1.82) is 5.26 Å². The number of halogens is 2. The van der Waals surface area contributed by atoms with E-state index in [9.17, 15) is 28.4 Å². The first-order chi connectivity index (χ1) is 33.5. The summed E-state index contributed by atoms with van der Waals surface area (Å²) in [6, 6.07) is 53.6. The molecule has 4 atom stereocenters. The van der Waals surface area contributed by atoms with Gasteiger partial charge in [0.1, 0.15) is 23.7 Å². The van der Waals surface area contributed by atoms with Crippen LogP contribution in [0.15, 0.2) is 170 Å². The van der Waals surface area contributed by atoms with Crippen molar-refractivity contribution in [2.24, 2.45) is 5.73 Å². The molecule has 6 aromatic carbocycles. The van der Waals surface area contributed by atoms with Crippen molar-refractivity contribution < 1.29 is 23.2 Å². The molecule has 9 nitrogen and oxygen atoms in total. The van der Waals surface area contributed by atoms with Crippen LogP contribution >= 0.6 is 0 Å². The zero-order chi connectivity index (χ0) is 48.7. The van der Waals surface area contributed by atoms with Crippen LogP contribution in [-0.4, -0.2) is 102 Å². The largest absolute Gasteiger partial charge is 0.368 e. The van der Waals surface area contributed by atoms with E-state index in [0.29, 0.717) is 25.9 Å². The number of likely N-dealkylation sites (N-methyl/N-ethyl adjacent to an activating group) is 2. The fourth-order valence-electron chi connectivity index (χ4n) is 9.75. The van der Waals surface area contributed by atoms with Crippen LogP contribution in [0.2, 0.25) is 0 Å². The zero-order valence-corrected chi connectivity index (χ0v) is 39.5. The van der Waals surface area contributed by atoms with Gasteiger partial charge in [0.25, 0.3) is 0 Å². The molecule has 356 valence electrons. The standard InChI is InChI=1S/C29H32FN3O2.C29H30FN3O/c1-32(18-8-9-21-14-16-24(30)17-15-21)25-19-26(28(31)34)33(20-25)29(35)27(22-10-4-2-5-11-22)23-12-6-3-7-13-23;1-32(18-8-9-22-14-16-25(30)17-15-22)27-19-26(20-31)33(21-27)29(34)28(23-10-4-2-5-11-23)24-12-6-3-7-13-24/h2-7,10-17,25-27H,8-9,18-20H2,1H3,(H2,31,34);2-7,10-17,26-28H,8-9,18-19,21H2,1H3/t25-,26-;26-,27-/m00/s1. The van der Waals surface area contributed by atoms with Crippen LogP contribution in [-0.2, 0) is 27.2 Å². The Morgan fingerprint density at radius 1 is 0.565 bits per heavy atom. The van der Waals surface area contributed by atoms with E-state index in [4.69, 9.17) is 5.73 Å². The average Bonchev–Trinajstić information content (AvgIpc) is 4.04. The molecule has 2 aliphatic heterocycles. The zero-order valence-electron chi connectivity index (χ0n) is 39.5. The minimum absolute atomic E-state index is 0.0221. The maximum atomic E-state index is 13.9. The van der Waals surface area contributed by atoms with Crippen LogP contribution in [0.1, 0.15) is 70.9 Å². The van der Waals surface area contributed by atoms with Crippen molar-refractivity contribution in [2.45, 2.75) is 74.5 Å². The van der Waals surface area contributed by atoms with Crippen LogP contribution in [0.3, 0.4) is 0 Å². The second-order valence-electron chi connectivity index (χ2n) is 18.3. The number of likely N-dealkylation sites (tertiary alicyclic amines) is 2. The molecule has 11 heteroatoms. The third-order valence-corrected chi connectivity index (χ3v) is 13.7. The van der Waals surface area contributed by atoms with E-state index in [0.717, 1.165) is 72.2 Å². The lowest BCUT2D eigenvalue weighted by Crippen LogP contribution is -2.46. The van der Waals surface area contributed by atoms with E-state index in [1.165, 1.54) is 24.3 Å². The monoisotopic (exact) mass is 928 g/mol. The maximum absolute atomic E-state index is 13.9. The Hall–Kier alpha value is -7.00. The smallest absolute Gasteiger partial charge is 0.240 e. The first-order valence-electron chi connectivity index (χ1n) is 23.9. The molecular formula is C58H62F2N6O3. The molecule has 0 spiro atoms. The van der Waals surface area contributed by atoms with E-state index in [-0.39, 0.29) is 35.5 Å². The Balaban J connectivity index is 0.000000204. The summed E-state index contributed by atoms with van der Waals surface area (Å²) in [5, 5.41) is 9.86. The number of nitriles is 1. The predicted molar refractivity (Wildman–Crippen MR) is 267 cm³/mol. The van der Waals surface area contributed by atoms with Gasteiger partial charge in [0, 0.05) is 25.2 Å². The summed E-state index contributed by atoms with van der Waals surface area (Å²) in [6.07, 6.45) is 4.69. The van der Waals surface area contributed by atoms with Gasteiger partial charge < -0.3 is 25.3 Å². The number of hydrogen-bond donors (Lipinski definition) is 1. The van der Waals surface area contributed by atoms with Crippen molar-refractivity contribution in [2.75, 3.05) is 40.3 Å². The summed E-state index contributed by atoms with van der Waals surface area (Å²) in [4.78, 5) is 48.0. The number of nitrogens with two attached hydrogens (primary N) is 1. The molecule has 2 fully saturated rings. The van der Waals surface area contributed by atoms with Gasteiger partial charge in [-0.25, -0.2) is 8.78 Å². The number of rotatable bonds is 17. The first-order valence-corrected chi connectivity index (χ1v) is 23.9. The Morgan fingerprint density at radius 2 is 0.913 bits per heavy atom. The van der Waals surface area contributed by atoms with Crippen molar-refractivity contribution in [3.05, 3.63) is 215 Å². The quantitative estimate of drug-likeness (QED) is 0.0978. The molecule has 6 aromatic rings. The van der Waals surface area contributed by atoms with E-state index in [1.54, 1.807) is 9.80 Å². The Labute approximate surface area is 405 Å². The molecule has 2 N–H and O–H groups in total. The third kappa shape index (κ3) is 13.2. The van der Waals surface area contributed by atoms with E-state index in [2.05, 4.69) is 22.9 Å².